The Bertz CT molecular complexity index is 335. The SMILES string of the molecule is CC(C)[C@H](CC=CCC1CCCCC1)C(=O)N1CCCC1. The summed E-state index contributed by atoms with van der Waals surface area (Å²) < 4.78 is 0. The van der Waals surface area contributed by atoms with E-state index in [9.17, 15) is 4.79 Å². The summed E-state index contributed by atoms with van der Waals surface area (Å²) in [4.78, 5) is 14.7. The van der Waals surface area contributed by atoms with E-state index < -0.39 is 0 Å². The van der Waals surface area contributed by atoms with Crippen LogP contribution in [-0.4, -0.2) is 23.9 Å². The molecule has 2 rings (SSSR count). The molecule has 1 aliphatic carbocycles. The van der Waals surface area contributed by atoms with E-state index in [0.717, 1.165) is 25.4 Å². The molecule has 2 aliphatic rings. The van der Waals surface area contributed by atoms with Gasteiger partial charge in [-0.05, 0) is 37.5 Å². The van der Waals surface area contributed by atoms with Crippen LogP contribution >= 0.6 is 0 Å². The lowest BCUT2D eigenvalue weighted by molar-refractivity contribution is -0.135. The molecule has 0 aromatic rings. The first kappa shape index (κ1) is 16.6. The standard InChI is InChI=1S/C19H33NO/c1-16(2)18(19(21)20-14-8-9-15-20)13-7-6-12-17-10-4-3-5-11-17/h6-7,16-18H,3-5,8-15H2,1-2H3/t18-/m0/s1. The number of hydrogen-bond acceptors (Lipinski definition) is 1. The van der Waals surface area contributed by atoms with Crippen LogP contribution in [0.1, 0.15) is 71.6 Å². The monoisotopic (exact) mass is 291 g/mol. The summed E-state index contributed by atoms with van der Waals surface area (Å²) >= 11 is 0. The summed E-state index contributed by atoms with van der Waals surface area (Å²) in [6.07, 6.45) is 16.2. The maximum atomic E-state index is 12.6. The summed E-state index contributed by atoms with van der Waals surface area (Å²) in [5.41, 5.74) is 0. The molecule has 1 aliphatic heterocycles. The van der Waals surface area contributed by atoms with Gasteiger partial charge in [-0.25, -0.2) is 0 Å². The van der Waals surface area contributed by atoms with Crippen molar-refractivity contribution in [2.45, 2.75) is 71.6 Å². The molecule has 1 heterocycles. The predicted octanol–water partition coefficient (Wildman–Crippen LogP) is 4.80. The van der Waals surface area contributed by atoms with E-state index in [1.165, 1.54) is 51.4 Å². The van der Waals surface area contributed by atoms with Gasteiger partial charge in [0.25, 0.3) is 0 Å². The van der Waals surface area contributed by atoms with Crippen molar-refractivity contribution in [3.63, 3.8) is 0 Å². The van der Waals surface area contributed by atoms with E-state index >= 15 is 0 Å². The fraction of sp³-hybridized carbons (Fsp3) is 0.842. The van der Waals surface area contributed by atoms with Crippen LogP contribution < -0.4 is 0 Å². The molecule has 2 heteroatoms. The van der Waals surface area contributed by atoms with E-state index in [4.69, 9.17) is 0 Å². The highest BCUT2D eigenvalue weighted by Crippen LogP contribution is 2.27. The Morgan fingerprint density at radius 2 is 1.71 bits per heavy atom. The number of rotatable bonds is 6. The molecule has 0 unspecified atom stereocenters. The van der Waals surface area contributed by atoms with Gasteiger partial charge in [-0.3, -0.25) is 4.79 Å². The van der Waals surface area contributed by atoms with Crippen LogP contribution in [0.5, 0.6) is 0 Å². The maximum Gasteiger partial charge on any atom is 0.226 e. The lowest BCUT2D eigenvalue weighted by Gasteiger charge is -2.25. The number of carbonyl (C=O) groups excluding carboxylic acids is 1. The van der Waals surface area contributed by atoms with Gasteiger partial charge < -0.3 is 4.90 Å². The molecule has 0 spiro atoms. The van der Waals surface area contributed by atoms with Gasteiger partial charge in [-0.2, -0.15) is 0 Å². The Kier molecular flexibility index (Phi) is 6.79. The quantitative estimate of drug-likeness (QED) is 0.644. The van der Waals surface area contributed by atoms with Crippen LogP contribution in [0.15, 0.2) is 12.2 Å². The van der Waals surface area contributed by atoms with Crippen molar-refractivity contribution in [3.8, 4) is 0 Å². The number of amides is 1. The second-order valence-electron chi connectivity index (χ2n) is 7.33. The van der Waals surface area contributed by atoms with Crippen molar-refractivity contribution >= 4 is 5.91 Å². The predicted molar refractivity (Wildman–Crippen MR) is 89.1 cm³/mol. The van der Waals surface area contributed by atoms with Gasteiger partial charge in [0.15, 0.2) is 0 Å². The minimum absolute atomic E-state index is 0.186. The first-order valence-corrected chi connectivity index (χ1v) is 9.12. The molecule has 0 bridgehead atoms. The average Bonchev–Trinajstić information content (AvgIpc) is 3.01. The molecule has 1 amide bonds. The Morgan fingerprint density at radius 3 is 2.33 bits per heavy atom. The van der Waals surface area contributed by atoms with Crippen LogP contribution in [-0.2, 0) is 4.79 Å². The van der Waals surface area contributed by atoms with Crippen molar-refractivity contribution in [2.24, 2.45) is 17.8 Å². The molecule has 0 N–H and O–H groups in total. The van der Waals surface area contributed by atoms with Crippen LogP contribution in [0.25, 0.3) is 0 Å². The first-order valence-electron chi connectivity index (χ1n) is 9.12. The summed E-state index contributed by atoms with van der Waals surface area (Å²) in [6.45, 7) is 6.34. The van der Waals surface area contributed by atoms with E-state index in [0.29, 0.717) is 11.8 Å². The van der Waals surface area contributed by atoms with E-state index in [-0.39, 0.29) is 5.92 Å². The van der Waals surface area contributed by atoms with E-state index in [1.54, 1.807) is 0 Å². The van der Waals surface area contributed by atoms with Gasteiger partial charge in [0.1, 0.15) is 0 Å². The molecule has 2 fully saturated rings. The van der Waals surface area contributed by atoms with E-state index in [1.807, 2.05) is 0 Å². The molecule has 1 saturated carbocycles. The molecule has 120 valence electrons. The molecule has 0 radical (unpaired) electrons. The van der Waals surface area contributed by atoms with Gasteiger partial charge in [-0.15, -0.1) is 0 Å². The summed E-state index contributed by atoms with van der Waals surface area (Å²) in [5.74, 6) is 1.93. The van der Waals surface area contributed by atoms with Gasteiger partial charge in [0.2, 0.25) is 5.91 Å². The van der Waals surface area contributed by atoms with Crippen LogP contribution in [0, 0.1) is 17.8 Å². The lowest BCUT2D eigenvalue weighted by Crippen LogP contribution is -2.35. The fourth-order valence-corrected chi connectivity index (χ4v) is 3.78. The summed E-state index contributed by atoms with van der Waals surface area (Å²) in [7, 11) is 0. The van der Waals surface area contributed by atoms with Crippen molar-refractivity contribution < 1.29 is 4.79 Å². The molecular formula is C19H33NO. The van der Waals surface area contributed by atoms with Gasteiger partial charge in [-0.1, -0.05) is 58.1 Å². The highest BCUT2D eigenvalue weighted by Gasteiger charge is 2.27. The third kappa shape index (κ3) is 5.16. The minimum atomic E-state index is 0.186. The van der Waals surface area contributed by atoms with Crippen molar-refractivity contribution in [3.05, 3.63) is 12.2 Å². The maximum absolute atomic E-state index is 12.6. The normalized spacial score (nSPS) is 22.3. The number of allylic oxidation sites excluding steroid dienone is 2. The Labute approximate surface area is 131 Å². The zero-order valence-corrected chi connectivity index (χ0v) is 14.0. The van der Waals surface area contributed by atoms with Gasteiger partial charge >= 0.3 is 0 Å². The second kappa shape index (κ2) is 8.60. The fourth-order valence-electron chi connectivity index (χ4n) is 3.78. The van der Waals surface area contributed by atoms with Crippen molar-refractivity contribution in [1.82, 2.24) is 4.90 Å². The Morgan fingerprint density at radius 1 is 1.05 bits per heavy atom. The van der Waals surface area contributed by atoms with Crippen molar-refractivity contribution in [1.29, 1.82) is 0 Å². The summed E-state index contributed by atoms with van der Waals surface area (Å²) in [5, 5.41) is 0. The number of hydrogen-bond donors (Lipinski definition) is 0. The summed E-state index contributed by atoms with van der Waals surface area (Å²) in [6, 6.07) is 0. The topological polar surface area (TPSA) is 20.3 Å². The molecule has 0 aromatic carbocycles. The highest BCUT2D eigenvalue weighted by atomic mass is 16.2. The zero-order chi connectivity index (χ0) is 15.1. The molecule has 1 saturated heterocycles. The van der Waals surface area contributed by atoms with Crippen LogP contribution in [0.2, 0.25) is 0 Å². The molecule has 0 aromatic heterocycles. The molecule has 2 nitrogen and oxygen atoms in total. The first-order chi connectivity index (χ1) is 10.2. The largest absolute Gasteiger partial charge is 0.342 e. The smallest absolute Gasteiger partial charge is 0.226 e. The third-order valence-electron chi connectivity index (χ3n) is 5.29. The lowest BCUT2D eigenvalue weighted by atomic mass is 9.86. The van der Waals surface area contributed by atoms with Gasteiger partial charge in [0, 0.05) is 19.0 Å². The minimum Gasteiger partial charge on any atom is -0.342 e. The van der Waals surface area contributed by atoms with Gasteiger partial charge in [0.05, 0.1) is 0 Å². The highest BCUT2D eigenvalue weighted by molar-refractivity contribution is 5.79. The zero-order valence-electron chi connectivity index (χ0n) is 14.0. The van der Waals surface area contributed by atoms with Crippen molar-refractivity contribution in [2.75, 3.05) is 13.1 Å². The number of nitrogens with zero attached hydrogens (tertiary/aromatic N) is 1. The van der Waals surface area contributed by atoms with Crippen LogP contribution in [0.4, 0.5) is 0 Å². The molecule has 1 atom stereocenters. The Hall–Kier alpha value is -0.790. The average molecular weight is 291 g/mol. The Balaban J connectivity index is 1.77. The van der Waals surface area contributed by atoms with E-state index in [2.05, 4.69) is 30.9 Å². The number of carbonyl (C=O) groups is 1. The number of likely N-dealkylation sites (tertiary alicyclic amines) is 1. The van der Waals surface area contributed by atoms with Crippen LogP contribution in [0.3, 0.4) is 0 Å². The second-order valence-corrected chi connectivity index (χ2v) is 7.33. The molecule has 21 heavy (non-hydrogen) atoms. The third-order valence-corrected chi connectivity index (χ3v) is 5.29. The molecular weight excluding hydrogens is 258 g/mol.